The van der Waals surface area contributed by atoms with Crippen molar-refractivity contribution in [3.05, 3.63) is 29.8 Å². The van der Waals surface area contributed by atoms with Gasteiger partial charge in [-0.05, 0) is 45.0 Å². The quantitative estimate of drug-likeness (QED) is 0.825. The van der Waals surface area contributed by atoms with Crippen molar-refractivity contribution < 1.29 is 4.74 Å². The second kappa shape index (κ2) is 6.03. The van der Waals surface area contributed by atoms with Gasteiger partial charge in [0.2, 0.25) is 0 Å². The second-order valence-electron chi connectivity index (χ2n) is 5.13. The number of nitrogens with two attached hydrogens (primary N) is 1. The minimum Gasteiger partial charge on any atom is -0.488 e. The number of benzene rings is 1. The third kappa shape index (κ3) is 4.75. The standard InChI is InChI=1S/C14H24N2O/c1-5-16-13(10-15)11-7-6-8-12(9-11)17-14(2,3)4/h6-9,13,16H,5,10,15H2,1-4H3. The maximum atomic E-state index is 5.85. The molecule has 17 heavy (non-hydrogen) atoms. The predicted molar refractivity (Wildman–Crippen MR) is 72.3 cm³/mol. The molecule has 3 nitrogen and oxygen atoms in total. The highest BCUT2D eigenvalue weighted by molar-refractivity contribution is 5.31. The van der Waals surface area contributed by atoms with E-state index >= 15 is 0 Å². The Morgan fingerprint density at radius 2 is 2.06 bits per heavy atom. The summed E-state index contributed by atoms with van der Waals surface area (Å²) in [6.07, 6.45) is 0. The number of hydrogen-bond acceptors (Lipinski definition) is 3. The highest BCUT2D eigenvalue weighted by atomic mass is 16.5. The molecule has 0 aliphatic heterocycles. The molecule has 0 fully saturated rings. The van der Waals surface area contributed by atoms with Crippen molar-refractivity contribution in [1.82, 2.24) is 5.32 Å². The Bertz CT molecular complexity index is 344. The number of likely N-dealkylation sites (N-methyl/N-ethyl adjacent to an activating group) is 1. The van der Waals surface area contributed by atoms with E-state index in [9.17, 15) is 0 Å². The van der Waals surface area contributed by atoms with E-state index in [4.69, 9.17) is 10.5 Å². The van der Waals surface area contributed by atoms with Gasteiger partial charge in [-0.1, -0.05) is 19.1 Å². The Hall–Kier alpha value is -1.06. The Kier molecular flexibility index (Phi) is 4.97. The first-order valence-electron chi connectivity index (χ1n) is 6.18. The maximum absolute atomic E-state index is 5.85. The fraction of sp³-hybridized carbons (Fsp3) is 0.571. The Morgan fingerprint density at radius 1 is 1.35 bits per heavy atom. The van der Waals surface area contributed by atoms with Gasteiger partial charge in [-0.25, -0.2) is 0 Å². The van der Waals surface area contributed by atoms with Crippen molar-refractivity contribution in [2.75, 3.05) is 13.1 Å². The molecule has 0 spiro atoms. The van der Waals surface area contributed by atoms with Crippen LogP contribution in [-0.2, 0) is 0 Å². The molecule has 0 aromatic heterocycles. The first-order valence-corrected chi connectivity index (χ1v) is 6.18. The summed E-state index contributed by atoms with van der Waals surface area (Å²) in [4.78, 5) is 0. The van der Waals surface area contributed by atoms with Gasteiger partial charge in [-0.3, -0.25) is 0 Å². The Balaban J connectivity index is 2.84. The average molecular weight is 236 g/mol. The summed E-state index contributed by atoms with van der Waals surface area (Å²) in [6.45, 7) is 9.72. The lowest BCUT2D eigenvalue weighted by molar-refractivity contribution is 0.130. The molecule has 3 heteroatoms. The van der Waals surface area contributed by atoms with Gasteiger partial charge >= 0.3 is 0 Å². The monoisotopic (exact) mass is 236 g/mol. The average Bonchev–Trinajstić information content (AvgIpc) is 2.24. The number of hydrogen-bond donors (Lipinski definition) is 2. The summed E-state index contributed by atoms with van der Waals surface area (Å²) in [5.41, 5.74) is 6.77. The van der Waals surface area contributed by atoms with Gasteiger partial charge in [0, 0.05) is 12.6 Å². The van der Waals surface area contributed by atoms with Crippen LogP contribution in [0.25, 0.3) is 0 Å². The molecule has 1 aromatic rings. The third-order valence-electron chi connectivity index (χ3n) is 2.37. The van der Waals surface area contributed by atoms with Crippen LogP contribution in [0.15, 0.2) is 24.3 Å². The van der Waals surface area contributed by atoms with Crippen LogP contribution in [0.4, 0.5) is 0 Å². The van der Waals surface area contributed by atoms with E-state index in [0.717, 1.165) is 12.3 Å². The molecule has 0 heterocycles. The van der Waals surface area contributed by atoms with E-state index in [-0.39, 0.29) is 11.6 Å². The van der Waals surface area contributed by atoms with Gasteiger partial charge in [-0.15, -0.1) is 0 Å². The van der Waals surface area contributed by atoms with Gasteiger partial charge in [0.25, 0.3) is 0 Å². The molecule has 0 saturated heterocycles. The molecule has 1 rings (SSSR count). The second-order valence-corrected chi connectivity index (χ2v) is 5.13. The normalized spacial score (nSPS) is 13.5. The number of nitrogens with one attached hydrogen (secondary N) is 1. The van der Waals surface area contributed by atoms with E-state index in [2.05, 4.69) is 24.4 Å². The molecule has 0 amide bonds. The molecule has 1 aromatic carbocycles. The van der Waals surface area contributed by atoms with Crippen LogP contribution in [0.3, 0.4) is 0 Å². The molecule has 96 valence electrons. The molecule has 1 unspecified atom stereocenters. The van der Waals surface area contributed by atoms with Crippen LogP contribution in [0.1, 0.15) is 39.3 Å². The van der Waals surface area contributed by atoms with Gasteiger partial charge < -0.3 is 15.8 Å². The summed E-state index contributed by atoms with van der Waals surface area (Å²) in [6, 6.07) is 8.33. The van der Waals surface area contributed by atoms with Crippen molar-refractivity contribution in [3.8, 4) is 5.75 Å². The fourth-order valence-electron chi connectivity index (χ4n) is 1.73. The maximum Gasteiger partial charge on any atom is 0.120 e. The van der Waals surface area contributed by atoms with Crippen molar-refractivity contribution in [2.45, 2.75) is 39.3 Å². The van der Waals surface area contributed by atoms with Crippen LogP contribution in [-0.4, -0.2) is 18.7 Å². The van der Waals surface area contributed by atoms with Crippen molar-refractivity contribution in [2.24, 2.45) is 5.73 Å². The number of ether oxygens (including phenoxy) is 1. The van der Waals surface area contributed by atoms with Gasteiger partial charge in [0.1, 0.15) is 11.4 Å². The summed E-state index contributed by atoms with van der Waals surface area (Å²) in [7, 11) is 0. The molecule has 3 N–H and O–H groups in total. The number of rotatable bonds is 5. The van der Waals surface area contributed by atoms with Crippen LogP contribution >= 0.6 is 0 Å². The molecule has 0 bridgehead atoms. The van der Waals surface area contributed by atoms with Crippen molar-refractivity contribution in [3.63, 3.8) is 0 Å². The Morgan fingerprint density at radius 3 is 2.59 bits per heavy atom. The van der Waals surface area contributed by atoms with Crippen LogP contribution in [0, 0.1) is 0 Å². The van der Waals surface area contributed by atoms with Crippen molar-refractivity contribution >= 4 is 0 Å². The molecule has 0 saturated carbocycles. The van der Waals surface area contributed by atoms with Crippen molar-refractivity contribution in [1.29, 1.82) is 0 Å². The zero-order valence-electron chi connectivity index (χ0n) is 11.3. The van der Waals surface area contributed by atoms with Crippen LogP contribution < -0.4 is 15.8 Å². The molecule has 1 atom stereocenters. The SMILES string of the molecule is CCNC(CN)c1cccc(OC(C)(C)C)c1. The lowest BCUT2D eigenvalue weighted by atomic mass is 10.1. The molecule has 0 radical (unpaired) electrons. The smallest absolute Gasteiger partial charge is 0.120 e. The first kappa shape index (κ1) is 14.0. The topological polar surface area (TPSA) is 47.3 Å². The van der Waals surface area contributed by atoms with E-state index in [1.807, 2.05) is 32.9 Å². The lowest BCUT2D eigenvalue weighted by Crippen LogP contribution is -2.28. The van der Waals surface area contributed by atoms with Gasteiger partial charge in [-0.2, -0.15) is 0 Å². The van der Waals surface area contributed by atoms with E-state index in [0.29, 0.717) is 6.54 Å². The zero-order chi connectivity index (χ0) is 12.9. The van der Waals surface area contributed by atoms with Crippen LogP contribution in [0.2, 0.25) is 0 Å². The molecular formula is C14H24N2O. The summed E-state index contributed by atoms with van der Waals surface area (Å²) >= 11 is 0. The van der Waals surface area contributed by atoms with E-state index < -0.39 is 0 Å². The first-order chi connectivity index (χ1) is 7.96. The molecule has 0 aliphatic carbocycles. The largest absolute Gasteiger partial charge is 0.488 e. The van der Waals surface area contributed by atoms with Gasteiger partial charge in [0.15, 0.2) is 0 Å². The summed E-state index contributed by atoms with van der Waals surface area (Å²) < 4.78 is 5.85. The minimum absolute atomic E-state index is 0.172. The van der Waals surface area contributed by atoms with E-state index in [1.165, 1.54) is 5.56 Å². The zero-order valence-corrected chi connectivity index (χ0v) is 11.3. The van der Waals surface area contributed by atoms with Gasteiger partial charge in [0.05, 0.1) is 0 Å². The Labute approximate surface area is 104 Å². The highest BCUT2D eigenvalue weighted by Gasteiger charge is 2.13. The summed E-state index contributed by atoms with van der Waals surface area (Å²) in [5.74, 6) is 0.895. The molecule has 0 aliphatic rings. The van der Waals surface area contributed by atoms with Crippen LogP contribution in [0.5, 0.6) is 5.75 Å². The lowest BCUT2D eigenvalue weighted by Gasteiger charge is -2.23. The minimum atomic E-state index is -0.172. The third-order valence-corrected chi connectivity index (χ3v) is 2.37. The van der Waals surface area contributed by atoms with E-state index in [1.54, 1.807) is 0 Å². The predicted octanol–water partition coefficient (Wildman–Crippen LogP) is 2.47. The molecular weight excluding hydrogens is 212 g/mol. The fourth-order valence-corrected chi connectivity index (χ4v) is 1.73. The highest BCUT2D eigenvalue weighted by Crippen LogP contribution is 2.22. The summed E-state index contributed by atoms with van der Waals surface area (Å²) in [5, 5.41) is 3.36.